The molecular weight excluding hydrogens is 354 g/mol. The highest BCUT2D eigenvalue weighted by Crippen LogP contribution is 2.34. The van der Waals surface area contributed by atoms with Crippen LogP contribution in [0.4, 0.5) is 0 Å². The maximum Gasteiger partial charge on any atom is 0.235 e. The zero-order chi connectivity index (χ0) is 19.3. The van der Waals surface area contributed by atoms with Gasteiger partial charge in [0.2, 0.25) is 11.8 Å². The van der Waals surface area contributed by atoms with Crippen molar-refractivity contribution in [3.8, 4) is 0 Å². The number of carbonyl (C=O) groups is 2. The summed E-state index contributed by atoms with van der Waals surface area (Å²) >= 11 is 0. The summed E-state index contributed by atoms with van der Waals surface area (Å²) in [5.41, 5.74) is 3.24. The van der Waals surface area contributed by atoms with E-state index in [-0.39, 0.29) is 17.7 Å². The smallest absolute Gasteiger partial charge is 0.235 e. The number of likely N-dealkylation sites (tertiary alicyclic amines) is 1. The van der Waals surface area contributed by atoms with Crippen molar-refractivity contribution in [1.29, 1.82) is 0 Å². The number of hydrogen-bond acceptors (Lipinski definition) is 5. The minimum atomic E-state index is -0.341. The summed E-state index contributed by atoms with van der Waals surface area (Å²) in [7, 11) is 1.94. The summed E-state index contributed by atoms with van der Waals surface area (Å²) < 4.78 is 1.88. The molecule has 4 heterocycles. The fourth-order valence-corrected chi connectivity index (χ4v) is 4.90. The summed E-state index contributed by atoms with van der Waals surface area (Å²) in [4.78, 5) is 26.4. The van der Waals surface area contributed by atoms with Gasteiger partial charge in [-0.2, -0.15) is 5.10 Å². The topological polar surface area (TPSA) is 79.3 Å². The lowest BCUT2D eigenvalue weighted by Gasteiger charge is -2.42. The maximum absolute atomic E-state index is 12.3. The molecule has 3 aliphatic heterocycles. The standard InChI is InChI=1S/C21H27N5O2/c1-25-18-10-14(13-6-8-26(9-7-13)15-11-22-12-15)2-3-16(18)20(24-25)17-4-5-19(27)23-21(17)28/h2-3,10,13,15,17,22H,4-9,11-12H2,1H3,(H,23,27,28). The Morgan fingerprint density at radius 3 is 2.57 bits per heavy atom. The molecule has 2 amide bonds. The SMILES string of the molecule is Cn1nc(C2CCC(=O)NC2=O)c2ccc(C3CCN(C4CNC4)CC3)cc21. The Kier molecular flexibility index (Phi) is 4.44. The second kappa shape index (κ2) is 6.97. The number of amides is 2. The Hall–Kier alpha value is -2.25. The molecule has 7 nitrogen and oxygen atoms in total. The lowest BCUT2D eigenvalue weighted by atomic mass is 9.87. The lowest BCUT2D eigenvalue weighted by molar-refractivity contribution is -0.134. The van der Waals surface area contributed by atoms with Crippen LogP contribution >= 0.6 is 0 Å². The number of benzene rings is 1. The molecule has 0 bridgehead atoms. The fraction of sp³-hybridized carbons (Fsp3) is 0.571. The molecule has 0 saturated carbocycles. The quantitative estimate of drug-likeness (QED) is 0.783. The number of carbonyl (C=O) groups excluding carboxylic acids is 2. The van der Waals surface area contributed by atoms with Gasteiger partial charge in [0.25, 0.3) is 0 Å². The van der Waals surface area contributed by atoms with E-state index in [1.165, 1.54) is 31.5 Å². The molecule has 1 aromatic heterocycles. The van der Waals surface area contributed by atoms with Crippen LogP contribution in [0, 0.1) is 0 Å². The van der Waals surface area contributed by atoms with Gasteiger partial charge in [-0.25, -0.2) is 0 Å². The van der Waals surface area contributed by atoms with Crippen molar-refractivity contribution in [2.45, 2.75) is 43.6 Å². The van der Waals surface area contributed by atoms with Crippen LogP contribution in [0.15, 0.2) is 18.2 Å². The summed E-state index contributed by atoms with van der Waals surface area (Å²) in [6.45, 7) is 4.60. The van der Waals surface area contributed by atoms with Crippen LogP contribution in [0.2, 0.25) is 0 Å². The molecule has 0 aliphatic carbocycles. The number of aromatic nitrogens is 2. The molecular formula is C21H27N5O2. The minimum Gasteiger partial charge on any atom is -0.314 e. The monoisotopic (exact) mass is 381 g/mol. The third kappa shape index (κ3) is 3.02. The van der Waals surface area contributed by atoms with Crippen molar-refractivity contribution in [1.82, 2.24) is 25.3 Å². The molecule has 28 heavy (non-hydrogen) atoms. The largest absolute Gasteiger partial charge is 0.314 e. The van der Waals surface area contributed by atoms with Gasteiger partial charge in [-0.1, -0.05) is 12.1 Å². The van der Waals surface area contributed by atoms with Gasteiger partial charge in [-0.3, -0.25) is 24.5 Å². The number of rotatable bonds is 3. The van der Waals surface area contributed by atoms with E-state index >= 15 is 0 Å². The first-order valence-corrected chi connectivity index (χ1v) is 10.3. The highest BCUT2D eigenvalue weighted by atomic mass is 16.2. The zero-order valence-electron chi connectivity index (χ0n) is 16.3. The molecule has 2 aromatic rings. The highest BCUT2D eigenvalue weighted by molar-refractivity contribution is 6.02. The Morgan fingerprint density at radius 2 is 1.89 bits per heavy atom. The van der Waals surface area contributed by atoms with E-state index in [0.717, 1.165) is 35.7 Å². The number of hydrogen-bond donors (Lipinski definition) is 2. The molecule has 0 radical (unpaired) electrons. The number of nitrogens with one attached hydrogen (secondary N) is 2. The summed E-state index contributed by atoms with van der Waals surface area (Å²) in [5, 5.41) is 11.5. The third-order valence-corrected chi connectivity index (χ3v) is 6.75. The van der Waals surface area contributed by atoms with Gasteiger partial charge in [-0.05, 0) is 49.9 Å². The van der Waals surface area contributed by atoms with Gasteiger partial charge >= 0.3 is 0 Å². The number of fused-ring (bicyclic) bond motifs is 1. The van der Waals surface area contributed by atoms with Gasteiger partial charge in [0, 0.05) is 38.0 Å². The molecule has 7 heteroatoms. The predicted octanol–water partition coefficient (Wildman–Crippen LogP) is 1.24. The molecule has 3 fully saturated rings. The molecule has 3 aliphatic rings. The Balaban J connectivity index is 1.37. The number of nitrogens with zero attached hydrogens (tertiary/aromatic N) is 3. The summed E-state index contributed by atoms with van der Waals surface area (Å²) in [5.74, 6) is -0.166. The van der Waals surface area contributed by atoms with Gasteiger partial charge < -0.3 is 5.32 Å². The van der Waals surface area contributed by atoms with Crippen molar-refractivity contribution in [3.05, 3.63) is 29.5 Å². The van der Waals surface area contributed by atoms with E-state index < -0.39 is 0 Å². The molecule has 148 valence electrons. The van der Waals surface area contributed by atoms with E-state index in [1.807, 2.05) is 11.7 Å². The fourth-order valence-electron chi connectivity index (χ4n) is 4.90. The molecule has 0 spiro atoms. The van der Waals surface area contributed by atoms with E-state index in [1.54, 1.807) is 0 Å². The molecule has 5 rings (SSSR count). The van der Waals surface area contributed by atoms with Gasteiger partial charge in [0.05, 0.1) is 17.1 Å². The number of imide groups is 1. The van der Waals surface area contributed by atoms with Crippen LogP contribution in [0.25, 0.3) is 10.9 Å². The molecule has 1 atom stereocenters. The Labute approximate surface area is 164 Å². The van der Waals surface area contributed by atoms with Crippen LogP contribution in [0.5, 0.6) is 0 Å². The molecule has 1 unspecified atom stereocenters. The average Bonchev–Trinajstić information content (AvgIpc) is 2.97. The van der Waals surface area contributed by atoms with Crippen LogP contribution in [-0.2, 0) is 16.6 Å². The van der Waals surface area contributed by atoms with Crippen molar-refractivity contribution in [2.24, 2.45) is 7.05 Å². The van der Waals surface area contributed by atoms with Crippen LogP contribution in [0.3, 0.4) is 0 Å². The van der Waals surface area contributed by atoms with E-state index in [4.69, 9.17) is 0 Å². The first kappa shape index (κ1) is 17.8. The van der Waals surface area contributed by atoms with Crippen LogP contribution < -0.4 is 10.6 Å². The van der Waals surface area contributed by atoms with Gasteiger partial charge in [0.15, 0.2) is 0 Å². The molecule has 3 saturated heterocycles. The predicted molar refractivity (Wildman–Crippen MR) is 106 cm³/mol. The minimum absolute atomic E-state index is 0.187. The van der Waals surface area contributed by atoms with Crippen molar-refractivity contribution in [2.75, 3.05) is 26.2 Å². The maximum atomic E-state index is 12.3. The summed E-state index contributed by atoms with van der Waals surface area (Å²) in [6, 6.07) is 7.32. The highest BCUT2D eigenvalue weighted by Gasteiger charge is 2.32. The van der Waals surface area contributed by atoms with Gasteiger partial charge in [0.1, 0.15) is 0 Å². The second-order valence-corrected chi connectivity index (χ2v) is 8.41. The number of piperidine rings is 2. The van der Waals surface area contributed by atoms with E-state index in [2.05, 4.69) is 38.8 Å². The lowest BCUT2D eigenvalue weighted by Crippen LogP contribution is -2.58. The van der Waals surface area contributed by atoms with E-state index in [9.17, 15) is 9.59 Å². The van der Waals surface area contributed by atoms with Crippen molar-refractivity contribution < 1.29 is 9.59 Å². The number of aryl methyl sites for hydroxylation is 1. The first-order chi connectivity index (χ1) is 13.6. The Morgan fingerprint density at radius 1 is 1.11 bits per heavy atom. The van der Waals surface area contributed by atoms with Gasteiger partial charge in [-0.15, -0.1) is 0 Å². The normalized spacial score (nSPS) is 25.1. The first-order valence-electron chi connectivity index (χ1n) is 10.3. The van der Waals surface area contributed by atoms with Crippen molar-refractivity contribution >= 4 is 22.7 Å². The Bertz CT molecular complexity index is 924. The second-order valence-electron chi connectivity index (χ2n) is 8.41. The molecule has 1 aromatic carbocycles. The van der Waals surface area contributed by atoms with E-state index in [0.29, 0.717) is 18.8 Å². The molecule has 2 N–H and O–H groups in total. The van der Waals surface area contributed by atoms with Crippen LogP contribution in [0.1, 0.15) is 48.8 Å². The third-order valence-electron chi connectivity index (χ3n) is 6.75. The average molecular weight is 381 g/mol. The van der Waals surface area contributed by atoms with Crippen molar-refractivity contribution in [3.63, 3.8) is 0 Å². The summed E-state index contributed by atoms with van der Waals surface area (Å²) in [6.07, 6.45) is 3.30. The van der Waals surface area contributed by atoms with Crippen LogP contribution in [-0.4, -0.2) is 58.7 Å². The zero-order valence-corrected chi connectivity index (χ0v) is 16.3.